The van der Waals surface area contributed by atoms with E-state index < -0.39 is 5.91 Å². The first kappa shape index (κ1) is 14.6. The molecule has 0 spiro atoms. The molecule has 6 heteroatoms. The van der Waals surface area contributed by atoms with E-state index in [2.05, 4.69) is 10.6 Å². The van der Waals surface area contributed by atoms with Crippen molar-refractivity contribution in [3.05, 3.63) is 48.4 Å². The number of anilines is 1. The second-order valence-corrected chi connectivity index (χ2v) is 4.14. The Morgan fingerprint density at radius 1 is 1.19 bits per heavy atom. The Labute approximate surface area is 122 Å². The molecule has 0 unspecified atom stereocenters. The molecule has 0 aliphatic carbocycles. The van der Waals surface area contributed by atoms with Gasteiger partial charge in [0, 0.05) is 0 Å². The zero-order valence-electron chi connectivity index (χ0n) is 11.6. The summed E-state index contributed by atoms with van der Waals surface area (Å²) in [5.74, 6) is -0.0291. The van der Waals surface area contributed by atoms with Gasteiger partial charge in [-0.25, -0.2) is 0 Å². The highest BCUT2D eigenvalue weighted by Crippen LogP contribution is 2.23. The van der Waals surface area contributed by atoms with Crippen LogP contribution in [0.4, 0.5) is 5.69 Å². The maximum Gasteiger partial charge on any atom is 0.287 e. The van der Waals surface area contributed by atoms with Crippen LogP contribution in [0, 0.1) is 0 Å². The lowest BCUT2D eigenvalue weighted by atomic mass is 10.3. The number of carbonyl (C=O) groups is 2. The second-order valence-electron chi connectivity index (χ2n) is 4.14. The van der Waals surface area contributed by atoms with Gasteiger partial charge < -0.3 is 19.8 Å². The lowest BCUT2D eigenvalue weighted by Crippen LogP contribution is -2.32. The summed E-state index contributed by atoms with van der Waals surface area (Å²) in [6.07, 6.45) is 1.40. The van der Waals surface area contributed by atoms with Crippen molar-refractivity contribution in [1.29, 1.82) is 0 Å². The van der Waals surface area contributed by atoms with Crippen molar-refractivity contribution in [2.24, 2.45) is 0 Å². The molecule has 1 aromatic heterocycles. The van der Waals surface area contributed by atoms with Crippen LogP contribution in [0.2, 0.25) is 0 Å². The van der Waals surface area contributed by atoms with Crippen molar-refractivity contribution >= 4 is 17.5 Å². The Balaban J connectivity index is 1.89. The number of rotatable bonds is 6. The van der Waals surface area contributed by atoms with Crippen LogP contribution in [0.15, 0.2) is 47.1 Å². The number of amides is 2. The molecular weight excluding hydrogens is 272 g/mol. The number of hydrogen-bond acceptors (Lipinski definition) is 4. The van der Waals surface area contributed by atoms with Crippen molar-refractivity contribution in [2.75, 3.05) is 18.5 Å². The van der Waals surface area contributed by atoms with Crippen LogP contribution in [-0.4, -0.2) is 25.0 Å². The Morgan fingerprint density at radius 3 is 2.71 bits per heavy atom. The molecule has 0 bridgehead atoms. The zero-order chi connectivity index (χ0) is 15.1. The van der Waals surface area contributed by atoms with E-state index in [0.717, 1.165) is 0 Å². The number of nitrogens with one attached hydrogen (secondary N) is 2. The normalized spacial score (nSPS) is 9.95. The summed E-state index contributed by atoms with van der Waals surface area (Å²) in [4.78, 5) is 23.5. The van der Waals surface area contributed by atoms with Gasteiger partial charge in [0.25, 0.3) is 5.91 Å². The van der Waals surface area contributed by atoms with E-state index in [1.165, 1.54) is 12.3 Å². The Hall–Kier alpha value is -2.76. The SMILES string of the molecule is CCOc1ccccc1NC(=O)CNC(=O)c1ccco1. The van der Waals surface area contributed by atoms with Gasteiger partial charge in [-0.2, -0.15) is 0 Å². The van der Waals surface area contributed by atoms with Crippen LogP contribution in [0.1, 0.15) is 17.5 Å². The van der Waals surface area contributed by atoms with Crippen LogP contribution >= 0.6 is 0 Å². The van der Waals surface area contributed by atoms with Crippen molar-refractivity contribution in [2.45, 2.75) is 6.92 Å². The quantitative estimate of drug-likeness (QED) is 0.852. The molecule has 0 radical (unpaired) electrons. The first-order valence-corrected chi connectivity index (χ1v) is 6.54. The average molecular weight is 288 g/mol. The number of hydrogen-bond donors (Lipinski definition) is 2. The lowest BCUT2D eigenvalue weighted by Gasteiger charge is -2.11. The number of para-hydroxylation sites is 2. The Morgan fingerprint density at radius 2 is 2.00 bits per heavy atom. The average Bonchev–Trinajstić information content (AvgIpc) is 3.01. The van der Waals surface area contributed by atoms with Gasteiger partial charge >= 0.3 is 0 Å². The van der Waals surface area contributed by atoms with E-state index >= 15 is 0 Å². The highest BCUT2D eigenvalue weighted by Gasteiger charge is 2.11. The molecule has 0 aliphatic heterocycles. The third-order valence-corrected chi connectivity index (χ3v) is 2.62. The molecular formula is C15H16N2O4. The second kappa shape index (κ2) is 7.14. The van der Waals surface area contributed by atoms with Gasteiger partial charge in [-0.3, -0.25) is 9.59 Å². The van der Waals surface area contributed by atoms with E-state index in [9.17, 15) is 9.59 Å². The van der Waals surface area contributed by atoms with E-state index in [1.807, 2.05) is 13.0 Å². The van der Waals surface area contributed by atoms with Gasteiger partial charge in [-0.15, -0.1) is 0 Å². The van der Waals surface area contributed by atoms with E-state index in [0.29, 0.717) is 18.0 Å². The monoisotopic (exact) mass is 288 g/mol. The van der Waals surface area contributed by atoms with E-state index in [4.69, 9.17) is 9.15 Å². The molecule has 0 aliphatic rings. The van der Waals surface area contributed by atoms with Crippen LogP contribution in [0.5, 0.6) is 5.75 Å². The summed E-state index contributed by atoms with van der Waals surface area (Å²) in [6, 6.07) is 10.2. The van der Waals surface area contributed by atoms with Crippen molar-refractivity contribution in [3.8, 4) is 5.75 Å². The fourth-order valence-corrected chi connectivity index (χ4v) is 1.70. The molecule has 0 atom stereocenters. The molecule has 0 fully saturated rings. The zero-order valence-corrected chi connectivity index (χ0v) is 11.6. The fraction of sp³-hybridized carbons (Fsp3) is 0.200. The van der Waals surface area contributed by atoms with Crippen LogP contribution in [0.25, 0.3) is 0 Å². The van der Waals surface area contributed by atoms with Crippen molar-refractivity contribution in [3.63, 3.8) is 0 Å². The largest absolute Gasteiger partial charge is 0.492 e. The van der Waals surface area contributed by atoms with Crippen LogP contribution < -0.4 is 15.4 Å². The molecule has 2 rings (SSSR count). The molecule has 110 valence electrons. The minimum atomic E-state index is -0.437. The number of furan rings is 1. The molecule has 0 saturated heterocycles. The maximum absolute atomic E-state index is 11.8. The fourth-order valence-electron chi connectivity index (χ4n) is 1.70. The molecule has 6 nitrogen and oxygen atoms in total. The summed E-state index contributed by atoms with van der Waals surface area (Å²) < 4.78 is 10.3. The van der Waals surface area contributed by atoms with Gasteiger partial charge in [0.15, 0.2) is 5.76 Å². The van der Waals surface area contributed by atoms with E-state index in [1.54, 1.807) is 24.3 Å². The molecule has 1 heterocycles. The van der Waals surface area contributed by atoms with Gasteiger partial charge in [0.1, 0.15) is 5.75 Å². The smallest absolute Gasteiger partial charge is 0.287 e. The van der Waals surface area contributed by atoms with Gasteiger partial charge in [-0.05, 0) is 31.2 Å². The third kappa shape index (κ3) is 4.10. The highest BCUT2D eigenvalue weighted by molar-refractivity contribution is 5.98. The first-order chi connectivity index (χ1) is 10.2. The van der Waals surface area contributed by atoms with Gasteiger partial charge in [0.05, 0.1) is 25.1 Å². The summed E-state index contributed by atoms with van der Waals surface area (Å²) in [5.41, 5.74) is 0.566. The Kier molecular flexibility index (Phi) is 4.98. The molecule has 0 saturated carbocycles. The minimum absolute atomic E-state index is 0.153. The van der Waals surface area contributed by atoms with Crippen LogP contribution in [0.3, 0.4) is 0 Å². The number of carbonyl (C=O) groups excluding carboxylic acids is 2. The molecule has 1 aromatic carbocycles. The Bertz CT molecular complexity index is 608. The van der Waals surface area contributed by atoms with E-state index in [-0.39, 0.29) is 18.2 Å². The maximum atomic E-state index is 11.8. The van der Waals surface area contributed by atoms with Crippen LogP contribution in [-0.2, 0) is 4.79 Å². The number of benzene rings is 1. The predicted octanol–water partition coefficient (Wildman–Crippen LogP) is 2.05. The van der Waals surface area contributed by atoms with Gasteiger partial charge in [0.2, 0.25) is 5.91 Å². The summed E-state index contributed by atoms with van der Waals surface area (Å²) in [5, 5.41) is 5.16. The minimum Gasteiger partial charge on any atom is -0.492 e. The topological polar surface area (TPSA) is 80.6 Å². The summed E-state index contributed by atoms with van der Waals surface area (Å²) >= 11 is 0. The lowest BCUT2D eigenvalue weighted by molar-refractivity contribution is -0.115. The molecule has 2 amide bonds. The highest BCUT2D eigenvalue weighted by atomic mass is 16.5. The summed E-state index contributed by atoms with van der Waals surface area (Å²) in [7, 11) is 0. The van der Waals surface area contributed by atoms with Crippen molar-refractivity contribution in [1.82, 2.24) is 5.32 Å². The van der Waals surface area contributed by atoms with Crippen molar-refractivity contribution < 1.29 is 18.7 Å². The first-order valence-electron chi connectivity index (χ1n) is 6.54. The molecule has 2 aromatic rings. The van der Waals surface area contributed by atoms with Gasteiger partial charge in [-0.1, -0.05) is 12.1 Å². The summed E-state index contributed by atoms with van der Waals surface area (Å²) in [6.45, 7) is 2.21. The molecule has 2 N–H and O–H groups in total. The predicted molar refractivity (Wildman–Crippen MR) is 77.3 cm³/mol. The molecule has 21 heavy (non-hydrogen) atoms. The number of ether oxygens (including phenoxy) is 1. The standard InChI is InChI=1S/C15H16N2O4/c1-2-20-12-7-4-3-6-11(12)17-14(18)10-16-15(19)13-8-5-9-21-13/h3-9H,2,10H2,1H3,(H,16,19)(H,17,18). The third-order valence-electron chi connectivity index (χ3n) is 2.62.